The fourth-order valence-electron chi connectivity index (χ4n) is 5.16. The molecule has 4 rings (SSSR count). The van der Waals surface area contributed by atoms with Gasteiger partial charge in [-0.05, 0) is 37.0 Å². The van der Waals surface area contributed by atoms with Crippen LogP contribution >= 0.6 is 47.8 Å². The van der Waals surface area contributed by atoms with E-state index in [1.54, 1.807) is 0 Å². The number of alkyl halides is 3. The van der Waals surface area contributed by atoms with Gasteiger partial charge in [-0.2, -0.15) is 0 Å². The van der Waals surface area contributed by atoms with E-state index in [1.165, 1.54) is 0 Å². The molecule has 0 aromatic rings. The molecule has 0 spiro atoms. The fourth-order valence-corrected chi connectivity index (χ4v) is 10.1. The molecule has 5 heteroatoms. The number of carbonyl (C=O) groups is 1. The van der Waals surface area contributed by atoms with Crippen molar-refractivity contribution in [3.05, 3.63) is 0 Å². The van der Waals surface area contributed by atoms with Crippen molar-refractivity contribution in [1.82, 2.24) is 4.90 Å². The third-order valence-electron chi connectivity index (χ3n) is 6.94. The van der Waals surface area contributed by atoms with Crippen LogP contribution in [0, 0.1) is 22.2 Å². The summed E-state index contributed by atoms with van der Waals surface area (Å²) in [6.07, 6.45) is 4.42. The molecule has 0 N–H and O–H groups in total. The van der Waals surface area contributed by atoms with Crippen molar-refractivity contribution in [2.24, 2.45) is 22.2 Å². The first kappa shape index (κ1) is 16.8. The van der Waals surface area contributed by atoms with E-state index in [9.17, 15) is 4.79 Å². The van der Waals surface area contributed by atoms with E-state index in [0.717, 1.165) is 44.7 Å². The Bertz CT molecular complexity index is 458. The molecule has 3 aliphatic carbocycles. The number of halogens is 3. The molecular weight excluding hydrogens is 462 g/mol. The largest absolute Gasteiger partial charge is 0.342 e. The van der Waals surface area contributed by atoms with Gasteiger partial charge in [-0.1, -0.05) is 68.6 Å². The zero-order chi connectivity index (χ0) is 15.6. The summed E-state index contributed by atoms with van der Waals surface area (Å²) in [6, 6.07) is 0. The fraction of sp³-hybridized carbons (Fsp3) is 0.938. The maximum Gasteiger partial charge on any atom is 0.230 e. The van der Waals surface area contributed by atoms with E-state index in [1.807, 2.05) is 0 Å². The quantitative estimate of drug-likeness (QED) is 0.508. The number of carbonyl (C=O) groups excluding carboxylic acids is 1. The summed E-state index contributed by atoms with van der Waals surface area (Å²) in [7, 11) is 0. The molecular formula is C16H24Br3NO. The summed E-state index contributed by atoms with van der Waals surface area (Å²) in [5.41, 5.74) is -0.0644. The van der Waals surface area contributed by atoms with Crippen molar-refractivity contribution in [3.63, 3.8) is 0 Å². The van der Waals surface area contributed by atoms with Gasteiger partial charge >= 0.3 is 0 Å². The van der Waals surface area contributed by atoms with E-state index >= 15 is 0 Å². The normalized spacial score (nSPS) is 42.2. The van der Waals surface area contributed by atoms with Crippen LogP contribution in [0.4, 0.5) is 0 Å². The number of hydrogen-bond acceptors (Lipinski definition) is 1. The van der Waals surface area contributed by atoms with Crippen LogP contribution in [0.15, 0.2) is 0 Å². The standard InChI is InChI=1S/C16H24Br3NO/c1-10-4-8-20(9-5-10)13(21)16-7-6-15(11(16)17,12(18)19)14(16,2)3/h10-12H,4-9H2,1-3H3. The molecule has 2 bridgehead atoms. The van der Waals surface area contributed by atoms with Crippen molar-refractivity contribution in [1.29, 1.82) is 0 Å². The summed E-state index contributed by atoms with van der Waals surface area (Å²) in [5, 5.41) is 0. The van der Waals surface area contributed by atoms with Gasteiger partial charge < -0.3 is 4.90 Å². The maximum atomic E-state index is 13.3. The summed E-state index contributed by atoms with van der Waals surface area (Å²) in [4.78, 5) is 15.7. The Balaban J connectivity index is 1.88. The zero-order valence-electron chi connectivity index (χ0n) is 13.0. The molecule has 1 saturated heterocycles. The number of piperidine rings is 1. The average Bonchev–Trinajstić information content (AvgIpc) is 2.88. The summed E-state index contributed by atoms with van der Waals surface area (Å²) < 4.78 is 0.252. The number of rotatable bonds is 2. The van der Waals surface area contributed by atoms with E-state index in [-0.39, 0.29) is 24.8 Å². The molecule has 2 nitrogen and oxygen atoms in total. The molecule has 3 atom stereocenters. The molecule has 1 heterocycles. The summed E-state index contributed by atoms with van der Waals surface area (Å²) in [5.74, 6) is 1.16. The molecule has 120 valence electrons. The second kappa shape index (κ2) is 5.20. The third kappa shape index (κ3) is 1.83. The molecule has 4 fully saturated rings. The number of likely N-dealkylation sites (tertiary alicyclic amines) is 1. The maximum absolute atomic E-state index is 13.3. The lowest BCUT2D eigenvalue weighted by atomic mass is 9.43. The van der Waals surface area contributed by atoms with Crippen LogP contribution in [0.2, 0.25) is 0 Å². The van der Waals surface area contributed by atoms with Crippen LogP contribution in [0.1, 0.15) is 46.5 Å². The highest BCUT2D eigenvalue weighted by molar-refractivity contribution is 9.24. The minimum atomic E-state index is -0.215. The lowest BCUT2D eigenvalue weighted by molar-refractivity contribution is -0.174. The van der Waals surface area contributed by atoms with Gasteiger partial charge in [0.25, 0.3) is 0 Å². The Morgan fingerprint density at radius 2 is 1.76 bits per heavy atom. The molecule has 1 amide bonds. The van der Waals surface area contributed by atoms with Crippen molar-refractivity contribution in [2.45, 2.75) is 55.0 Å². The van der Waals surface area contributed by atoms with Gasteiger partial charge in [-0.3, -0.25) is 4.79 Å². The highest BCUT2D eigenvalue weighted by Gasteiger charge is 2.83. The van der Waals surface area contributed by atoms with Gasteiger partial charge in [0.2, 0.25) is 5.91 Å². The number of amides is 1. The predicted octanol–water partition coefficient (Wildman–Crippen LogP) is 4.93. The Morgan fingerprint density at radius 3 is 2.19 bits per heavy atom. The zero-order valence-corrected chi connectivity index (χ0v) is 17.7. The topological polar surface area (TPSA) is 20.3 Å². The van der Waals surface area contributed by atoms with Gasteiger partial charge in [0.1, 0.15) is 0 Å². The predicted molar refractivity (Wildman–Crippen MR) is 97.2 cm³/mol. The van der Waals surface area contributed by atoms with Crippen LogP contribution in [-0.4, -0.2) is 32.5 Å². The Kier molecular flexibility index (Phi) is 4.15. The smallest absolute Gasteiger partial charge is 0.230 e. The molecule has 21 heavy (non-hydrogen) atoms. The molecule has 4 aliphatic rings. The van der Waals surface area contributed by atoms with Gasteiger partial charge in [-0.25, -0.2) is 0 Å². The van der Waals surface area contributed by atoms with Crippen LogP contribution in [-0.2, 0) is 4.79 Å². The highest BCUT2D eigenvalue weighted by Crippen LogP contribution is 2.82. The van der Waals surface area contributed by atoms with Crippen molar-refractivity contribution in [2.75, 3.05) is 13.1 Å². The second-order valence-corrected chi connectivity index (χ2v) is 11.8. The molecule has 3 saturated carbocycles. The van der Waals surface area contributed by atoms with Crippen LogP contribution in [0.25, 0.3) is 0 Å². The lowest BCUT2D eigenvalue weighted by Crippen LogP contribution is -2.72. The van der Waals surface area contributed by atoms with Crippen LogP contribution in [0.3, 0.4) is 0 Å². The SMILES string of the molecule is CC1CCN(C(=O)C23CCC(C(Br)Br)(C2Br)C3(C)C)CC1. The first-order chi connectivity index (χ1) is 9.71. The van der Waals surface area contributed by atoms with Crippen molar-refractivity contribution < 1.29 is 4.79 Å². The Hall–Kier alpha value is 0.910. The van der Waals surface area contributed by atoms with E-state index in [0.29, 0.717) is 5.91 Å². The first-order valence-electron chi connectivity index (χ1n) is 7.93. The van der Waals surface area contributed by atoms with Crippen molar-refractivity contribution in [3.8, 4) is 0 Å². The van der Waals surface area contributed by atoms with Crippen LogP contribution < -0.4 is 0 Å². The van der Waals surface area contributed by atoms with Gasteiger partial charge in [-0.15, -0.1) is 0 Å². The van der Waals surface area contributed by atoms with Gasteiger partial charge in [0.05, 0.1) is 9.15 Å². The molecule has 1 aliphatic heterocycles. The lowest BCUT2D eigenvalue weighted by Gasteiger charge is -2.66. The first-order valence-corrected chi connectivity index (χ1v) is 10.7. The number of fused-ring (bicyclic) bond motifs is 1. The minimum Gasteiger partial charge on any atom is -0.342 e. The second-order valence-electron chi connectivity index (χ2n) is 7.77. The third-order valence-corrected chi connectivity index (χ3v) is 10.2. The summed E-state index contributed by atoms with van der Waals surface area (Å²) >= 11 is 11.4. The number of nitrogens with zero attached hydrogens (tertiary/aromatic N) is 1. The van der Waals surface area contributed by atoms with E-state index in [2.05, 4.69) is 73.5 Å². The summed E-state index contributed by atoms with van der Waals surface area (Å²) in [6.45, 7) is 8.75. The molecule has 0 aromatic carbocycles. The Labute approximate surface area is 153 Å². The Morgan fingerprint density at radius 1 is 1.19 bits per heavy atom. The molecule has 0 aromatic heterocycles. The molecule has 3 unspecified atom stereocenters. The monoisotopic (exact) mass is 483 g/mol. The van der Waals surface area contributed by atoms with Gasteiger partial charge in [0.15, 0.2) is 0 Å². The average molecular weight is 486 g/mol. The minimum absolute atomic E-state index is 0.0198. The van der Waals surface area contributed by atoms with Crippen molar-refractivity contribution >= 4 is 53.7 Å². The van der Waals surface area contributed by atoms with E-state index in [4.69, 9.17) is 0 Å². The van der Waals surface area contributed by atoms with E-state index < -0.39 is 0 Å². The van der Waals surface area contributed by atoms with Crippen LogP contribution in [0.5, 0.6) is 0 Å². The molecule has 0 radical (unpaired) electrons. The van der Waals surface area contributed by atoms with Gasteiger partial charge in [0, 0.05) is 23.3 Å². The highest BCUT2D eigenvalue weighted by atomic mass is 79.9. The number of hydrogen-bond donors (Lipinski definition) is 0.